The molecule has 0 aliphatic heterocycles. The molecule has 0 unspecified atom stereocenters. The number of hydrogen-bond acceptors (Lipinski definition) is 2. The SMILES string of the molecule is Cc1cnc(Cl)[c]n1. The van der Waals surface area contributed by atoms with Crippen LogP contribution in [0.4, 0.5) is 0 Å². The summed E-state index contributed by atoms with van der Waals surface area (Å²) in [7, 11) is 0. The van der Waals surface area contributed by atoms with Crippen molar-refractivity contribution in [3.63, 3.8) is 0 Å². The second-order valence-corrected chi connectivity index (χ2v) is 1.77. The van der Waals surface area contributed by atoms with Crippen molar-refractivity contribution in [2.24, 2.45) is 0 Å². The molecule has 0 aromatic carbocycles. The Kier molecular flexibility index (Phi) is 1.44. The molecule has 2 nitrogen and oxygen atoms in total. The monoisotopic (exact) mass is 127 g/mol. The van der Waals surface area contributed by atoms with Crippen LogP contribution in [0.25, 0.3) is 0 Å². The maximum absolute atomic E-state index is 5.38. The van der Waals surface area contributed by atoms with Crippen molar-refractivity contribution in [2.45, 2.75) is 6.92 Å². The van der Waals surface area contributed by atoms with E-state index < -0.39 is 0 Å². The summed E-state index contributed by atoms with van der Waals surface area (Å²) in [6.07, 6.45) is 4.10. The molecule has 0 amide bonds. The van der Waals surface area contributed by atoms with E-state index in [2.05, 4.69) is 16.2 Å². The summed E-state index contributed by atoms with van der Waals surface area (Å²) < 4.78 is 0. The Morgan fingerprint density at radius 3 is 2.88 bits per heavy atom. The molecule has 0 spiro atoms. The highest BCUT2D eigenvalue weighted by Gasteiger charge is 1.86. The first-order chi connectivity index (χ1) is 3.79. The number of hydrogen-bond donors (Lipinski definition) is 0. The van der Waals surface area contributed by atoms with Gasteiger partial charge in [0.05, 0.1) is 5.69 Å². The van der Waals surface area contributed by atoms with Gasteiger partial charge in [0.2, 0.25) is 0 Å². The van der Waals surface area contributed by atoms with Crippen molar-refractivity contribution in [3.8, 4) is 0 Å². The van der Waals surface area contributed by atoms with Crippen LogP contribution in [0, 0.1) is 13.1 Å². The highest BCUT2D eigenvalue weighted by Crippen LogP contribution is 1.97. The topological polar surface area (TPSA) is 25.8 Å². The van der Waals surface area contributed by atoms with E-state index in [0.717, 1.165) is 5.69 Å². The van der Waals surface area contributed by atoms with Crippen molar-refractivity contribution in [1.29, 1.82) is 0 Å². The normalized spacial score (nSPS) is 9.25. The molecule has 0 aliphatic carbocycles. The summed E-state index contributed by atoms with van der Waals surface area (Å²) in [5.74, 6) is 0. The van der Waals surface area contributed by atoms with Crippen molar-refractivity contribution in [1.82, 2.24) is 9.97 Å². The average molecular weight is 128 g/mol. The van der Waals surface area contributed by atoms with E-state index in [1.54, 1.807) is 6.20 Å². The van der Waals surface area contributed by atoms with Gasteiger partial charge in [-0.3, -0.25) is 0 Å². The summed E-state index contributed by atoms with van der Waals surface area (Å²) >= 11 is 5.38. The molecule has 1 aromatic rings. The molecule has 0 aliphatic rings. The smallest absolute Gasteiger partial charge is 0.157 e. The van der Waals surface area contributed by atoms with Crippen LogP contribution >= 0.6 is 11.6 Å². The lowest BCUT2D eigenvalue weighted by Crippen LogP contribution is -1.81. The summed E-state index contributed by atoms with van der Waals surface area (Å²) in [5, 5.41) is 0.315. The Bertz CT molecular complexity index is 149. The third kappa shape index (κ3) is 1.17. The van der Waals surface area contributed by atoms with E-state index in [9.17, 15) is 0 Å². The highest BCUT2D eigenvalue weighted by molar-refractivity contribution is 6.29. The van der Waals surface area contributed by atoms with Crippen LogP contribution in [0.3, 0.4) is 0 Å². The zero-order valence-electron chi connectivity index (χ0n) is 4.35. The van der Waals surface area contributed by atoms with Crippen LogP contribution in [0.1, 0.15) is 5.69 Å². The minimum Gasteiger partial charge on any atom is -0.246 e. The van der Waals surface area contributed by atoms with Gasteiger partial charge < -0.3 is 0 Å². The van der Waals surface area contributed by atoms with Crippen LogP contribution in [0.15, 0.2) is 6.20 Å². The predicted octanol–water partition coefficient (Wildman–Crippen LogP) is 1.24. The maximum Gasteiger partial charge on any atom is 0.157 e. The van der Waals surface area contributed by atoms with Crippen molar-refractivity contribution >= 4 is 11.6 Å². The molecule has 1 heterocycles. The van der Waals surface area contributed by atoms with E-state index in [-0.39, 0.29) is 0 Å². The fraction of sp³-hybridized carbons (Fsp3) is 0.200. The first kappa shape index (κ1) is 5.51. The number of aryl methyl sites for hydroxylation is 1. The first-order valence-corrected chi connectivity index (χ1v) is 2.53. The van der Waals surface area contributed by atoms with E-state index in [4.69, 9.17) is 11.6 Å². The Balaban J connectivity index is 3.03. The maximum atomic E-state index is 5.38. The molecule has 0 atom stereocenters. The summed E-state index contributed by atoms with van der Waals surface area (Å²) in [6, 6.07) is 0. The quantitative estimate of drug-likeness (QED) is 0.524. The van der Waals surface area contributed by atoms with Gasteiger partial charge in [0.25, 0.3) is 0 Å². The molecule has 1 radical (unpaired) electrons. The highest BCUT2D eigenvalue weighted by atomic mass is 35.5. The largest absolute Gasteiger partial charge is 0.246 e. The Morgan fingerprint density at radius 2 is 2.50 bits per heavy atom. The van der Waals surface area contributed by atoms with E-state index >= 15 is 0 Å². The van der Waals surface area contributed by atoms with Gasteiger partial charge in [-0.25, -0.2) is 9.97 Å². The standard InChI is InChI=1S/C5H4ClN2/c1-4-2-8-5(6)3-7-4/h2H,1H3. The summed E-state index contributed by atoms with van der Waals surface area (Å²) in [4.78, 5) is 7.49. The van der Waals surface area contributed by atoms with Gasteiger partial charge in [0, 0.05) is 6.20 Å². The summed E-state index contributed by atoms with van der Waals surface area (Å²) in [6.45, 7) is 1.83. The van der Waals surface area contributed by atoms with E-state index in [1.165, 1.54) is 0 Å². The van der Waals surface area contributed by atoms with E-state index in [0.29, 0.717) is 5.15 Å². The number of rotatable bonds is 0. The first-order valence-electron chi connectivity index (χ1n) is 2.16. The number of aromatic nitrogens is 2. The number of nitrogens with zero attached hydrogens (tertiary/aromatic N) is 2. The predicted molar refractivity (Wildman–Crippen MR) is 30.6 cm³/mol. The minimum absolute atomic E-state index is 0.315. The second-order valence-electron chi connectivity index (χ2n) is 1.41. The molecular weight excluding hydrogens is 124 g/mol. The van der Waals surface area contributed by atoms with E-state index in [1.807, 2.05) is 6.92 Å². The fourth-order valence-corrected chi connectivity index (χ4v) is 0.433. The minimum atomic E-state index is 0.315. The third-order valence-electron chi connectivity index (χ3n) is 0.689. The van der Waals surface area contributed by atoms with Crippen molar-refractivity contribution in [3.05, 3.63) is 23.2 Å². The zero-order valence-corrected chi connectivity index (χ0v) is 5.11. The van der Waals surface area contributed by atoms with Crippen molar-refractivity contribution in [2.75, 3.05) is 0 Å². The third-order valence-corrected chi connectivity index (χ3v) is 0.871. The molecule has 41 valence electrons. The lowest BCUT2D eigenvalue weighted by atomic mass is 10.5. The molecule has 8 heavy (non-hydrogen) atoms. The van der Waals surface area contributed by atoms with Gasteiger partial charge in [-0.2, -0.15) is 0 Å². The Hall–Kier alpha value is -0.630. The lowest BCUT2D eigenvalue weighted by Gasteiger charge is -1.85. The molecule has 0 saturated carbocycles. The van der Waals surface area contributed by atoms with Gasteiger partial charge in [0.15, 0.2) is 5.15 Å². The van der Waals surface area contributed by atoms with Crippen molar-refractivity contribution < 1.29 is 0 Å². The number of halogens is 1. The Labute approximate surface area is 52.5 Å². The van der Waals surface area contributed by atoms with Gasteiger partial charge in [-0.15, -0.1) is 0 Å². The van der Waals surface area contributed by atoms with Crippen LogP contribution in [0.2, 0.25) is 5.15 Å². The molecule has 1 rings (SSSR count). The van der Waals surface area contributed by atoms with Crippen LogP contribution in [0.5, 0.6) is 0 Å². The Morgan fingerprint density at radius 1 is 1.75 bits per heavy atom. The molecule has 3 heteroatoms. The lowest BCUT2D eigenvalue weighted by molar-refractivity contribution is 1.11. The zero-order chi connectivity index (χ0) is 5.98. The molecular formula is C5H4ClN2. The van der Waals surface area contributed by atoms with Gasteiger partial charge in [0.1, 0.15) is 6.20 Å². The van der Waals surface area contributed by atoms with Crippen LogP contribution in [-0.4, -0.2) is 9.97 Å². The molecule has 0 saturated heterocycles. The van der Waals surface area contributed by atoms with Gasteiger partial charge >= 0.3 is 0 Å². The molecule has 0 bridgehead atoms. The van der Waals surface area contributed by atoms with Gasteiger partial charge in [-0.05, 0) is 6.92 Å². The second kappa shape index (κ2) is 2.09. The van der Waals surface area contributed by atoms with Crippen LogP contribution in [-0.2, 0) is 0 Å². The molecule has 0 fully saturated rings. The molecule has 0 N–H and O–H groups in total. The van der Waals surface area contributed by atoms with Gasteiger partial charge in [-0.1, -0.05) is 11.6 Å². The average Bonchev–Trinajstić information content (AvgIpc) is 1.77. The fourth-order valence-electron chi connectivity index (χ4n) is 0.342. The van der Waals surface area contributed by atoms with Crippen LogP contribution < -0.4 is 0 Å². The molecule has 1 aromatic heterocycles. The summed E-state index contributed by atoms with van der Waals surface area (Å²) in [5.41, 5.74) is 0.828.